The van der Waals surface area contributed by atoms with Gasteiger partial charge in [0.05, 0.1) is 30.1 Å². The lowest BCUT2D eigenvalue weighted by molar-refractivity contribution is 0.385. The van der Waals surface area contributed by atoms with Crippen molar-refractivity contribution in [3.05, 3.63) is 36.4 Å². The van der Waals surface area contributed by atoms with E-state index in [2.05, 4.69) is 26.5 Å². The summed E-state index contributed by atoms with van der Waals surface area (Å²) in [6.45, 7) is 3.99. The van der Waals surface area contributed by atoms with Gasteiger partial charge >= 0.3 is 0 Å². The van der Waals surface area contributed by atoms with Gasteiger partial charge in [0.25, 0.3) is 10.0 Å². The minimum atomic E-state index is -3.94. The highest BCUT2D eigenvalue weighted by molar-refractivity contribution is 7.92. The Labute approximate surface area is 152 Å². The van der Waals surface area contributed by atoms with Gasteiger partial charge in [0, 0.05) is 13.1 Å². The Bertz CT molecular complexity index is 866. The lowest BCUT2D eigenvalue weighted by atomic mass is 10.00. The van der Waals surface area contributed by atoms with Crippen LogP contribution in [0.1, 0.15) is 19.8 Å². The summed E-state index contributed by atoms with van der Waals surface area (Å²) >= 11 is 0. The molecule has 0 aliphatic carbocycles. The second-order valence-electron chi connectivity index (χ2n) is 6.34. The summed E-state index contributed by atoms with van der Waals surface area (Å²) in [5, 5.41) is 0. The second kappa shape index (κ2) is 7.45. The van der Waals surface area contributed by atoms with Crippen molar-refractivity contribution >= 4 is 21.7 Å². The maximum atomic E-state index is 13.8. The van der Waals surface area contributed by atoms with Crippen molar-refractivity contribution in [3.63, 3.8) is 0 Å². The Morgan fingerprint density at radius 2 is 1.88 bits per heavy atom. The molecule has 0 bridgehead atoms. The van der Waals surface area contributed by atoms with Gasteiger partial charge in [0.2, 0.25) is 5.95 Å². The average Bonchev–Trinajstić information content (AvgIpc) is 2.63. The van der Waals surface area contributed by atoms with E-state index in [0.29, 0.717) is 11.9 Å². The van der Waals surface area contributed by atoms with Crippen LogP contribution < -0.4 is 14.4 Å². The molecule has 0 atom stereocenters. The van der Waals surface area contributed by atoms with Crippen molar-refractivity contribution in [2.24, 2.45) is 5.92 Å². The fourth-order valence-corrected chi connectivity index (χ4v) is 3.81. The van der Waals surface area contributed by atoms with E-state index in [1.807, 2.05) is 0 Å². The first kappa shape index (κ1) is 18.4. The van der Waals surface area contributed by atoms with Crippen molar-refractivity contribution in [1.29, 1.82) is 0 Å². The van der Waals surface area contributed by atoms with Gasteiger partial charge in [0.1, 0.15) is 0 Å². The van der Waals surface area contributed by atoms with Crippen molar-refractivity contribution in [2.45, 2.75) is 24.7 Å². The maximum absolute atomic E-state index is 13.8. The van der Waals surface area contributed by atoms with E-state index in [1.165, 1.54) is 31.6 Å². The van der Waals surface area contributed by atoms with Crippen LogP contribution >= 0.6 is 0 Å². The summed E-state index contributed by atoms with van der Waals surface area (Å²) in [4.78, 5) is 10.4. The van der Waals surface area contributed by atoms with Crippen LogP contribution in [-0.4, -0.2) is 38.6 Å². The summed E-state index contributed by atoms with van der Waals surface area (Å²) in [5.74, 6) is 0.506. The van der Waals surface area contributed by atoms with E-state index < -0.39 is 15.8 Å². The van der Waals surface area contributed by atoms with Gasteiger partial charge in [-0.2, -0.15) is 0 Å². The molecular weight excluding hydrogens is 359 g/mol. The molecule has 2 aromatic rings. The summed E-state index contributed by atoms with van der Waals surface area (Å²) < 4.78 is 45.7. The third-order valence-electron chi connectivity index (χ3n) is 4.39. The molecule has 2 heterocycles. The minimum Gasteiger partial charge on any atom is -0.494 e. The van der Waals surface area contributed by atoms with Gasteiger partial charge in [-0.1, -0.05) is 6.92 Å². The van der Waals surface area contributed by atoms with Gasteiger partial charge in [-0.3, -0.25) is 4.72 Å². The van der Waals surface area contributed by atoms with Crippen LogP contribution in [0.2, 0.25) is 0 Å². The molecule has 0 amide bonds. The number of hydrogen-bond acceptors (Lipinski definition) is 6. The lowest BCUT2D eigenvalue weighted by Gasteiger charge is -2.30. The zero-order valence-electron chi connectivity index (χ0n) is 14.6. The van der Waals surface area contributed by atoms with Crippen molar-refractivity contribution in [1.82, 2.24) is 9.97 Å². The van der Waals surface area contributed by atoms with Crippen LogP contribution in [0.4, 0.5) is 16.0 Å². The molecule has 0 radical (unpaired) electrons. The Kier molecular flexibility index (Phi) is 5.26. The van der Waals surface area contributed by atoms with Crippen LogP contribution in [-0.2, 0) is 10.0 Å². The third kappa shape index (κ3) is 4.04. The van der Waals surface area contributed by atoms with Gasteiger partial charge in [-0.15, -0.1) is 0 Å². The summed E-state index contributed by atoms with van der Waals surface area (Å²) in [5.41, 5.74) is 0.218. The summed E-state index contributed by atoms with van der Waals surface area (Å²) in [7, 11) is -2.63. The number of halogens is 1. The SMILES string of the molecule is COc1ccc(S(=O)(=O)Nc2cnc(N3CCC(C)CC3)nc2)cc1F. The predicted octanol–water partition coefficient (Wildman–Crippen LogP) is 2.66. The number of ether oxygens (including phenoxy) is 1. The molecule has 0 unspecified atom stereocenters. The zero-order chi connectivity index (χ0) is 18.7. The molecule has 1 N–H and O–H groups in total. The van der Waals surface area contributed by atoms with Crippen molar-refractivity contribution in [2.75, 3.05) is 29.8 Å². The normalized spacial score (nSPS) is 15.7. The zero-order valence-corrected chi connectivity index (χ0v) is 15.5. The van der Waals surface area contributed by atoms with Gasteiger partial charge < -0.3 is 9.64 Å². The van der Waals surface area contributed by atoms with Crippen LogP contribution in [0.5, 0.6) is 5.75 Å². The third-order valence-corrected chi connectivity index (χ3v) is 5.77. The highest BCUT2D eigenvalue weighted by Crippen LogP contribution is 2.23. The van der Waals surface area contributed by atoms with Gasteiger partial charge in [-0.25, -0.2) is 22.8 Å². The number of rotatable bonds is 5. The highest BCUT2D eigenvalue weighted by Gasteiger charge is 2.20. The van der Waals surface area contributed by atoms with E-state index in [1.54, 1.807) is 0 Å². The molecule has 1 fully saturated rings. The first-order chi connectivity index (χ1) is 12.4. The number of benzene rings is 1. The molecule has 3 rings (SSSR count). The fraction of sp³-hybridized carbons (Fsp3) is 0.412. The highest BCUT2D eigenvalue weighted by atomic mass is 32.2. The first-order valence-corrected chi connectivity index (χ1v) is 9.81. The molecule has 1 aliphatic heterocycles. The molecule has 1 aromatic carbocycles. The quantitative estimate of drug-likeness (QED) is 0.858. The van der Waals surface area contributed by atoms with Gasteiger partial charge in [0.15, 0.2) is 11.6 Å². The number of nitrogens with zero attached hydrogens (tertiary/aromatic N) is 3. The first-order valence-electron chi connectivity index (χ1n) is 8.32. The largest absolute Gasteiger partial charge is 0.494 e. The number of methoxy groups -OCH3 is 1. The van der Waals surface area contributed by atoms with Crippen molar-refractivity contribution in [3.8, 4) is 5.75 Å². The Morgan fingerprint density at radius 3 is 2.46 bits per heavy atom. The number of nitrogens with one attached hydrogen (secondary N) is 1. The van der Waals surface area contributed by atoms with E-state index >= 15 is 0 Å². The second-order valence-corrected chi connectivity index (χ2v) is 8.03. The standard InChI is InChI=1S/C17H21FN4O3S/c1-12-5-7-22(8-6-12)17-19-10-13(11-20-17)21-26(23,24)14-3-4-16(25-2)15(18)9-14/h3-4,9-12,21H,5-8H2,1-2H3. The molecule has 140 valence electrons. The average molecular weight is 380 g/mol. The summed E-state index contributed by atoms with van der Waals surface area (Å²) in [6, 6.07) is 3.44. The van der Waals surface area contributed by atoms with Crippen LogP contribution in [0.3, 0.4) is 0 Å². The fourth-order valence-electron chi connectivity index (χ4n) is 2.77. The molecular formula is C17H21FN4O3S. The molecule has 0 spiro atoms. The topological polar surface area (TPSA) is 84.4 Å². The van der Waals surface area contributed by atoms with Crippen LogP contribution in [0, 0.1) is 11.7 Å². The van der Waals surface area contributed by atoms with Crippen LogP contribution in [0.15, 0.2) is 35.5 Å². The predicted molar refractivity (Wildman–Crippen MR) is 96.4 cm³/mol. The Morgan fingerprint density at radius 1 is 1.23 bits per heavy atom. The molecule has 26 heavy (non-hydrogen) atoms. The van der Waals surface area contributed by atoms with Gasteiger partial charge in [-0.05, 0) is 37.0 Å². The maximum Gasteiger partial charge on any atom is 0.262 e. The number of aromatic nitrogens is 2. The molecule has 7 nitrogen and oxygen atoms in total. The molecule has 1 aromatic heterocycles. The Hall–Kier alpha value is -2.42. The van der Waals surface area contributed by atoms with Crippen molar-refractivity contribution < 1.29 is 17.5 Å². The molecule has 1 aliphatic rings. The lowest BCUT2D eigenvalue weighted by Crippen LogP contribution is -2.34. The van der Waals surface area contributed by atoms with E-state index in [0.717, 1.165) is 32.0 Å². The van der Waals surface area contributed by atoms with E-state index in [9.17, 15) is 12.8 Å². The molecule has 9 heteroatoms. The van der Waals surface area contributed by atoms with Crippen LogP contribution in [0.25, 0.3) is 0 Å². The monoisotopic (exact) mass is 380 g/mol. The number of piperidine rings is 1. The minimum absolute atomic E-state index is 0.0208. The number of hydrogen-bond donors (Lipinski definition) is 1. The van der Waals surface area contributed by atoms with E-state index in [-0.39, 0.29) is 16.3 Å². The molecule has 1 saturated heterocycles. The summed E-state index contributed by atoms with van der Waals surface area (Å²) in [6.07, 6.45) is 5.00. The molecule has 0 saturated carbocycles. The number of sulfonamides is 1. The van der Waals surface area contributed by atoms with E-state index in [4.69, 9.17) is 4.74 Å². The number of anilines is 2. The smallest absolute Gasteiger partial charge is 0.262 e. The Balaban J connectivity index is 1.72.